The average Bonchev–Trinajstić information content (AvgIpc) is 2.98. The second-order valence-electron chi connectivity index (χ2n) is 5.84. The van der Waals surface area contributed by atoms with Gasteiger partial charge in [0.1, 0.15) is 5.82 Å². The molecule has 0 amide bonds. The molecule has 2 aromatic carbocycles. The number of rotatable bonds is 5. The van der Waals surface area contributed by atoms with Gasteiger partial charge in [-0.15, -0.1) is 0 Å². The maximum Gasteiger partial charge on any atom is 0.309 e. The zero-order valence-electron chi connectivity index (χ0n) is 13.7. The molecular formula is C19H14F3NO3. The fraction of sp³-hybridized carbons (Fsp3) is 0.158. The molecule has 0 radical (unpaired) electrons. The maximum atomic E-state index is 13.4. The first-order valence-electron chi connectivity index (χ1n) is 7.70. The molecule has 1 N–H and O–H groups in total. The zero-order chi connectivity index (χ0) is 18.9. The van der Waals surface area contributed by atoms with Crippen molar-refractivity contribution in [2.45, 2.75) is 19.3 Å². The van der Waals surface area contributed by atoms with Gasteiger partial charge < -0.3 is 9.52 Å². The number of hydrogen-bond donors (Lipinski definition) is 1. The third kappa shape index (κ3) is 3.77. The van der Waals surface area contributed by atoms with Gasteiger partial charge in [-0.05, 0) is 24.3 Å². The lowest BCUT2D eigenvalue weighted by atomic mass is 10.0. The first-order chi connectivity index (χ1) is 12.2. The van der Waals surface area contributed by atoms with Crippen molar-refractivity contribution in [3.05, 3.63) is 65.6 Å². The van der Waals surface area contributed by atoms with E-state index < -0.39 is 24.1 Å². The van der Waals surface area contributed by atoms with E-state index in [0.717, 1.165) is 6.92 Å². The van der Waals surface area contributed by atoms with Crippen LogP contribution in [0.3, 0.4) is 0 Å². The summed E-state index contributed by atoms with van der Waals surface area (Å²) in [4.78, 5) is 15.3. The number of oxazole rings is 1. The first kappa shape index (κ1) is 17.7. The fourth-order valence-corrected chi connectivity index (χ4v) is 2.47. The van der Waals surface area contributed by atoms with Crippen LogP contribution in [0.4, 0.5) is 13.2 Å². The van der Waals surface area contributed by atoms with E-state index >= 15 is 0 Å². The third-order valence-corrected chi connectivity index (χ3v) is 3.76. The molecule has 0 bridgehead atoms. The summed E-state index contributed by atoms with van der Waals surface area (Å²) in [6.07, 6.45) is -0.397. The lowest BCUT2D eigenvalue weighted by Gasteiger charge is -2.10. The van der Waals surface area contributed by atoms with Gasteiger partial charge in [0.2, 0.25) is 5.89 Å². The predicted octanol–water partition coefficient (Wildman–Crippen LogP) is 4.89. The fourth-order valence-electron chi connectivity index (χ4n) is 2.47. The highest BCUT2D eigenvalue weighted by Crippen LogP contribution is 2.33. The lowest BCUT2D eigenvalue weighted by molar-refractivity contribution is -0.136. The molecular weight excluding hydrogens is 347 g/mol. The summed E-state index contributed by atoms with van der Waals surface area (Å²) in [5.74, 6) is -4.22. The van der Waals surface area contributed by atoms with E-state index in [1.165, 1.54) is 48.5 Å². The Kier molecular flexibility index (Phi) is 4.54. The van der Waals surface area contributed by atoms with Crippen LogP contribution in [0.1, 0.15) is 18.2 Å². The topological polar surface area (TPSA) is 63.3 Å². The number of alkyl halides is 2. The Hall–Kier alpha value is -3.09. The molecule has 0 aliphatic carbocycles. The molecule has 26 heavy (non-hydrogen) atoms. The lowest BCUT2D eigenvalue weighted by Crippen LogP contribution is -2.06. The average molecular weight is 361 g/mol. The number of aromatic nitrogens is 1. The number of benzene rings is 2. The summed E-state index contributed by atoms with van der Waals surface area (Å²) in [6.45, 7) is 0.791. The van der Waals surface area contributed by atoms with Crippen LogP contribution < -0.4 is 0 Å². The van der Waals surface area contributed by atoms with E-state index in [1.807, 2.05) is 0 Å². The number of halogens is 3. The number of aliphatic carboxylic acids is 1. The highest BCUT2D eigenvalue weighted by atomic mass is 19.3. The molecule has 3 aromatic rings. The number of nitrogens with zero attached hydrogens (tertiary/aromatic N) is 1. The SMILES string of the molecule is CC(F)(F)c1ccc(-c2oc(-c3ccc(F)cc3)nc2CC(=O)O)cc1. The van der Waals surface area contributed by atoms with Crippen LogP contribution in [-0.2, 0) is 17.1 Å². The normalized spacial score (nSPS) is 11.5. The van der Waals surface area contributed by atoms with Crippen molar-refractivity contribution in [1.29, 1.82) is 0 Å². The molecule has 3 rings (SSSR count). The highest BCUT2D eigenvalue weighted by molar-refractivity contribution is 5.74. The van der Waals surface area contributed by atoms with E-state index in [2.05, 4.69) is 4.98 Å². The Bertz CT molecular complexity index is 926. The van der Waals surface area contributed by atoms with Crippen molar-refractivity contribution >= 4 is 5.97 Å². The minimum atomic E-state index is -2.98. The van der Waals surface area contributed by atoms with Crippen molar-refractivity contribution in [1.82, 2.24) is 4.98 Å². The molecule has 0 spiro atoms. The molecule has 0 aliphatic heterocycles. The summed E-state index contributed by atoms with van der Waals surface area (Å²) >= 11 is 0. The molecule has 4 nitrogen and oxygen atoms in total. The molecule has 1 aromatic heterocycles. The van der Waals surface area contributed by atoms with Gasteiger partial charge in [-0.2, -0.15) is 0 Å². The summed E-state index contributed by atoms with van der Waals surface area (Å²) in [6, 6.07) is 10.7. The number of carbonyl (C=O) groups is 1. The van der Waals surface area contributed by atoms with Crippen LogP contribution in [0.5, 0.6) is 0 Å². The Morgan fingerprint density at radius 2 is 1.65 bits per heavy atom. The molecule has 0 unspecified atom stereocenters. The summed E-state index contributed by atoms with van der Waals surface area (Å²) in [5.41, 5.74) is 0.892. The molecule has 0 saturated carbocycles. The Labute approximate surface area is 146 Å². The van der Waals surface area contributed by atoms with Crippen LogP contribution in [-0.4, -0.2) is 16.1 Å². The van der Waals surface area contributed by atoms with E-state index in [1.54, 1.807) is 0 Å². The second-order valence-corrected chi connectivity index (χ2v) is 5.84. The van der Waals surface area contributed by atoms with Gasteiger partial charge in [-0.3, -0.25) is 4.79 Å². The van der Waals surface area contributed by atoms with Gasteiger partial charge in [-0.25, -0.2) is 18.2 Å². The van der Waals surface area contributed by atoms with E-state index in [4.69, 9.17) is 9.52 Å². The third-order valence-electron chi connectivity index (χ3n) is 3.76. The number of hydrogen-bond acceptors (Lipinski definition) is 3. The number of carboxylic acids is 1. The molecule has 0 saturated heterocycles. The van der Waals surface area contributed by atoms with Crippen molar-refractivity contribution in [3.63, 3.8) is 0 Å². The maximum absolute atomic E-state index is 13.4. The van der Waals surface area contributed by atoms with Crippen LogP contribution in [0.2, 0.25) is 0 Å². The Morgan fingerprint density at radius 3 is 2.19 bits per heavy atom. The summed E-state index contributed by atoms with van der Waals surface area (Å²) in [5, 5.41) is 9.07. The molecule has 0 aliphatic rings. The monoisotopic (exact) mass is 361 g/mol. The van der Waals surface area contributed by atoms with Gasteiger partial charge in [0.05, 0.1) is 12.1 Å². The van der Waals surface area contributed by atoms with Crippen molar-refractivity contribution < 1.29 is 27.5 Å². The smallest absolute Gasteiger partial charge is 0.309 e. The predicted molar refractivity (Wildman–Crippen MR) is 88.2 cm³/mol. The van der Waals surface area contributed by atoms with E-state index in [-0.39, 0.29) is 22.9 Å². The van der Waals surface area contributed by atoms with Gasteiger partial charge in [0.25, 0.3) is 5.92 Å². The molecule has 0 fully saturated rings. The molecule has 7 heteroatoms. The minimum Gasteiger partial charge on any atom is -0.481 e. The highest BCUT2D eigenvalue weighted by Gasteiger charge is 2.25. The van der Waals surface area contributed by atoms with Crippen LogP contribution >= 0.6 is 0 Å². The van der Waals surface area contributed by atoms with Gasteiger partial charge in [-0.1, -0.05) is 24.3 Å². The molecule has 134 valence electrons. The van der Waals surface area contributed by atoms with Crippen LogP contribution in [0.15, 0.2) is 52.9 Å². The van der Waals surface area contributed by atoms with Crippen molar-refractivity contribution in [3.8, 4) is 22.8 Å². The largest absolute Gasteiger partial charge is 0.481 e. The van der Waals surface area contributed by atoms with Crippen LogP contribution in [0.25, 0.3) is 22.8 Å². The Morgan fingerprint density at radius 1 is 1.08 bits per heavy atom. The number of carboxylic acid groups (broad SMARTS) is 1. The van der Waals surface area contributed by atoms with Gasteiger partial charge >= 0.3 is 5.97 Å². The Balaban J connectivity index is 2.04. The van der Waals surface area contributed by atoms with Gasteiger partial charge in [0.15, 0.2) is 5.76 Å². The van der Waals surface area contributed by atoms with Crippen LogP contribution in [0, 0.1) is 5.82 Å². The minimum absolute atomic E-state index is 0.126. The van der Waals surface area contributed by atoms with E-state index in [0.29, 0.717) is 11.1 Å². The summed E-state index contributed by atoms with van der Waals surface area (Å²) in [7, 11) is 0. The van der Waals surface area contributed by atoms with Gasteiger partial charge in [0, 0.05) is 23.6 Å². The van der Waals surface area contributed by atoms with Crippen molar-refractivity contribution in [2.24, 2.45) is 0 Å². The molecule has 1 heterocycles. The quantitative estimate of drug-likeness (QED) is 0.703. The second kappa shape index (κ2) is 6.67. The first-order valence-corrected chi connectivity index (χ1v) is 7.70. The molecule has 0 atom stereocenters. The zero-order valence-corrected chi connectivity index (χ0v) is 13.7. The van der Waals surface area contributed by atoms with E-state index in [9.17, 15) is 18.0 Å². The standard InChI is InChI=1S/C19H14F3NO3/c1-19(21,22)13-6-2-11(3-7-13)17-15(10-16(24)25)23-18(26-17)12-4-8-14(20)9-5-12/h2-9H,10H2,1H3,(H,24,25). The van der Waals surface area contributed by atoms with Crippen molar-refractivity contribution in [2.75, 3.05) is 0 Å². The summed E-state index contributed by atoms with van der Waals surface area (Å²) < 4.78 is 45.4.